The largest absolute Gasteiger partial charge is 0.376 e. The van der Waals surface area contributed by atoms with E-state index in [4.69, 9.17) is 10.5 Å². The molecule has 0 spiro atoms. The Balaban J connectivity index is 1.79. The Morgan fingerprint density at radius 2 is 1.81 bits per heavy atom. The molecule has 2 fully saturated rings. The second-order valence-electron chi connectivity index (χ2n) is 5.87. The Kier molecular flexibility index (Phi) is 4.26. The van der Waals surface area contributed by atoms with Gasteiger partial charge < -0.3 is 10.5 Å². The topological polar surface area (TPSA) is 35.2 Å². The van der Waals surface area contributed by atoms with Crippen LogP contribution in [0.1, 0.15) is 64.7 Å². The lowest BCUT2D eigenvalue weighted by Crippen LogP contribution is -2.44. The summed E-state index contributed by atoms with van der Waals surface area (Å²) in [4.78, 5) is 0. The van der Waals surface area contributed by atoms with Crippen LogP contribution in [0, 0.1) is 5.92 Å². The molecule has 0 bridgehead atoms. The van der Waals surface area contributed by atoms with Crippen LogP contribution in [-0.2, 0) is 4.74 Å². The molecule has 2 nitrogen and oxygen atoms in total. The van der Waals surface area contributed by atoms with E-state index in [0.717, 1.165) is 25.4 Å². The molecule has 94 valence electrons. The number of hydrogen-bond donors (Lipinski definition) is 1. The fourth-order valence-corrected chi connectivity index (χ4v) is 3.36. The maximum Gasteiger partial charge on any atom is 0.0650 e. The molecule has 2 rings (SSSR count). The van der Waals surface area contributed by atoms with Gasteiger partial charge in [-0.05, 0) is 31.6 Å². The van der Waals surface area contributed by atoms with Crippen molar-refractivity contribution in [1.29, 1.82) is 0 Å². The van der Waals surface area contributed by atoms with E-state index >= 15 is 0 Å². The molecule has 0 aliphatic heterocycles. The zero-order valence-corrected chi connectivity index (χ0v) is 10.7. The Morgan fingerprint density at radius 1 is 1.12 bits per heavy atom. The summed E-state index contributed by atoms with van der Waals surface area (Å²) >= 11 is 0. The number of ether oxygens (including phenoxy) is 1. The highest BCUT2D eigenvalue weighted by Crippen LogP contribution is 2.32. The molecule has 0 aromatic carbocycles. The second kappa shape index (κ2) is 5.50. The standard InChI is InChI=1S/C14H27NO/c1-2-12-7-3-4-8-13(12)16-11-14(15)9-5-6-10-14/h12-13H,2-11,15H2,1H3. The van der Waals surface area contributed by atoms with Crippen LogP contribution in [0.4, 0.5) is 0 Å². The van der Waals surface area contributed by atoms with Crippen molar-refractivity contribution in [2.45, 2.75) is 76.4 Å². The van der Waals surface area contributed by atoms with E-state index in [1.807, 2.05) is 0 Å². The van der Waals surface area contributed by atoms with E-state index in [9.17, 15) is 0 Å². The van der Waals surface area contributed by atoms with Crippen LogP contribution < -0.4 is 5.73 Å². The van der Waals surface area contributed by atoms with Gasteiger partial charge in [-0.25, -0.2) is 0 Å². The van der Waals surface area contributed by atoms with Crippen LogP contribution in [0.15, 0.2) is 0 Å². The summed E-state index contributed by atoms with van der Waals surface area (Å²) in [5.41, 5.74) is 6.35. The average Bonchev–Trinajstić information content (AvgIpc) is 2.74. The molecule has 2 saturated carbocycles. The first-order valence-corrected chi connectivity index (χ1v) is 7.14. The van der Waals surface area contributed by atoms with Crippen molar-refractivity contribution in [3.8, 4) is 0 Å². The van der Waals surface area contributed by atoms with Crippen LogP contribution in [0.2, 0.25) is 0 Å². The normalized spacial score (nSPS) is 34.1. The van der Waals surface area contributed by atoms with E-state index < -0.39 is 0 Å². The summed E-state index contributed by atoms with van der Waals surface area (Å²) in [6.07, 6.45) is 12.0. The lowest BCUT2D eigenvalue weighted by Gasteiger charge is -2.34. The fourth-order valence-electron chi connectivity index (χ4n) is 3.36. The van der Waals surface area contributed by atoms with Gasteiger partial charge in [0.05, 0.1) is 12.7 Å². The van der Waals surface area contributed by atoms with Gasteiger partial charge >= 0.3 is 0 Å². The van der Waals surface area contributed by atoms with E-state index in [2.05, 4.69) is 6.92 Å². The van der Waals surface area contributed by atoms with Gasteiger partial charge in [0.25, 0.3) is 0 Å². The van der Waals surface area contributed by atoms with E-state index in [-0.39, 0.29) is 5.54 Å². The molecule has 2 N–H and O–H groups in total. The summed E-state index contributed by atoms with van der Waals surface area (Å²) in [6.45, 7) is 3.09. The molecule has 2 aliphatic carbocycles. The lowest BCUT2D eigenvalue weighted by molar-refractivity contribution is -0.0330. The minimum absolute atomic E-state index is 0.00966. The molecular weight excluding hydrogens is 198 g/mol. The van der Waals surface area contributed by atoms with Crippen molar-refractivity contribution in [2.24, 2.45) is 11.7 Å². The first-order valence-electron chi connectivity index (χ1n) is 7.14. The van der Waals surface area contributed by atoms with Crippen LogP contribution in [-0.4, -0.2) is 18.2 Å². The van der Waals surface area contributed by atoms with Gasteiger partial charge in [-0.2, -0.15) is 0 Å². The highest BCUT2D eigenvalue weighted by molar-refractivity contribution is 4.89. The van der Waals surface area contributed by atoms with Crippen molar-refractivity contribution < 1.29 is 4.74 Å². The zero-order valence-electron chi connectivity index (χ0n) is 10.7. The molecule has 0 heterocycles. The third-order valence-electron chi connectivity index (χ3n) is 4.55. The average molecular weight is 225 g/mol. The van der Waals surface area contributed by atoms with Gasteiger partial charge in [0.15, 0.2) is 0 Å². The predicted molar refractivity (Wildman–Crippen MR) is 67.4 cm³/mol. The smallest absolute Gasteiger partial charge is 0.0650 e. The summed E-state index contributed by atoms with van der Waals surface area (Å²) < 4.78 is 6.15. The van der Waals surface area contributed by atoms with Gasteiger partial charge in [-0.1, -0.05) is 39.0 Å². The van der Waals surface area contributed by atoms with Gasteiger partial charge in [0, 0.05) is 5.54 Å². The Bertz CT molecular complexity index is 211. The minimum Gasteiger partial charge on any atom is -0.376 e. The molecule has 0 radical (unpaired) electrons. The zero-order chi connectivity index (χ0) is 11.4. The summed E-state index contributed by atoms with van der Waals surface area (Å²) in [5.74, 6) is 0.791. The molecule has 0 saturated heterocycles. The molecule has 0 aromatic rings. The Labute approximate surface area is 99.9 Å². The molecule has 2 atom stereocenters. The van der Waals surface area contributed by atoms with Gasteiger partial charge in [0.1, 0.15) is 0 Å². The number of hydrogen-bond acceptors (Lipinski definition) is 2. The SMILES string of the molecule is CCC1CCCCC1OCC1(N)CCCC1. The Morgan fingerprint density at radius 3 is 2.50 bits per heavy atom. The fraction of sp³-hybridized carbons (Fsp3) is 1.00. The second-order valence-corrected chi connectivity index (χ2v) is 5.87. The first-order chi connectivity index (χ1) is 7.73. The van der Waals surface area contributed by atoms with Crippen molar-refractivity contribution in [3.63, 3.8) is 0 Å². The maximum atomic E-state index is 6.34. The highest BCUT2D eigenvalue weighted by Gasteiger charge is 2.32. The monoisotopic (exact) mass is 225 g/mol. The third kappa shape index (κ3) is 2.98. The van der Waals surface area contributed by atoms with E-state index in [1.54, 1.807) is 0 Å². The quantitative estimate of drug-likeness (QED) is 0.797. The third-order valence-corrected chi connectivity index (χ3v) is 4.55. The van der Waals surface area contributed by atoms with Gasteiger partial charge in [-0.3, -0.25) is 0 Å². The highest BCUT2D eigenvalue weighted by atomic mass is 16.5. The van der Waals surface area contributed by atoms with Crippen molar-refractivity contribution in [1.82, 2.24) is 0 Å². The maximum absolute atomic E-state index is 6.34. The van der Waals surface area contributed by atoms with Crippen LogP contribution in [0.3, 0.4) is 0 Å². The molecule has 16 heavy (non-hydrogen) atoms. The molecule has 0 aromatic heterocycles. The minimum atomic E-state index is 0.00966. The summed E-state index contributed by atoms with van der Waals surface area (Å²) in [6, 6.07) is 0. The predicted octanol–water partition coefficient (Wildman–Crippen LogP) is 3.24. The van der Waals surface area contributed by atoms with Crippen molar-refractivity contribution >= 4 is 0 Å². The summed E-state index contributed by atoms with van der Waals surface area (Å²) in [7, 11) is 0. The molecule has 2 heteroatoms. The van der Waals surface area contributed by atoms with Crippen LogP contribution >= 0.6 is 0 Å². The molecule has 2 unspecified atom stereocenters. The lowest BCUT2D eigenvalue weighted by atomic mass is 9.84. The van der Waals surface area contributed by atoms with Crippen LogP contribution in [0.25, 0.3) is 0 Å². The molecule has 0 amide bonds. The summed E-state index contributed by atoms with van der Waals surface area (Å²) in [5, 5.41) is 0. The molecular formula is C14H27NO. The number of nitrogens with two attached hydrogens (primary N) is 1. The van der Waals surface area contributed by atoms with Crippen LogP contribution in [0.5, 0.6) is 0 Å². The van der Waals surface area contributed by atoms with E-state index in [0.29, 0.717) is 6.10 Å². The van der Waals surface area contributed by atoms with E-state index in [1.165, 1.54) is 44.9 Å². The van der Waals surface area contributed by atoms with Crippen molar-refractivity contribution in [3.05, 3.63) is 0 Å². The Hall–Kier alpha value is -0.0800. The van der Waals surface area contributed by atoms with Gasteiger partial charge in [0.2, 0.25) is 0 Å². The molecule has 2 aliphatic rings. The van der Waals surface area contributed by atoms with Crippen molar-refractivity contribution in [2.75, 3.05) is 6.61 Å². The number of rotatable bonds is 4. The first kappa shape index (κ1) is 12.4. The van der Waals surface area contributed by atoms with Gasteiger partial charge in [-0.15, -0.1) is 0 Å².